The third-order valence-electron chi connectivity index (χ3n) is 6.88. The van der Waals surface area contributed by atoms with Gasteiger partial charge < -0.3 is 14.2 Å². The van der Waals surface area contributed by atoms with Crippen LogP contribution in [0, 0.1) is 24.2 Å². The largest absolute Gasteiger partial charge is 0.496 e. The van der Waals surface area contributed by atoms with Crippen molar-refractivity contribution in [3.8, 4) is 11.8 Å². The molecular weight excluding hydrogens is 546 g/mol. The number of nitrogens with zero attached hydrogens (tertiary/aromatic N) is 3. The quantitative estimate of drug-likeness (QED) is 0.208. The first-order valence-electron chi connectivity index (χ1n) is 13.5. The van der Waals surface area contributed by atoms with Crippen molar-refractivity contribution in [3.63, 3.8) is 0 Å². The number of esters is 1. The van der Waals surface area contributed by atoms with Gasteiger partial charge in [-0.05, 0) is 45.2 Å². The first-order valence-corrected chi connectivity index (χ1v) is 14.3. The number of Topliss-reactive ketones (excluding diaryl/α,β-unsaturated/α-hetero) is 1. The van der Waals surface area contributed by atoms with Gasteiger partial charge in [0.2, 0.25) is 0 Å². The highest BCUT2D eigenvalue weighted by Crippen LogP contribution is 2.33. The lowest BCUT2D eigenvalue weighted by molar-refractivity contribution is -0.127. The number of para-hydroxylation sites is 1. The van der Waals surface area contributed by atoms with Gasteiger partial charge in [0, 0.05) is 12.0 Å². The highest BCUT2D eigenvalue weighted by atomic mass is 32.1. The summed E-state index contributed by atoms with van der Waals surface area (Å²) in [5, 5.41) is 9.27. The molecule has 0 N–H and O–H groups in total. The molecule has 0 spiro atoms. The lowest BCUT2D eigenvalue weighted by Crippen LogP contribution is -2.53. The SMILES string of the molecule is CCOC(=O)c1sc2c(c1C)c(=O)n(C(C)(C)C(=O)CC(C)C)c(=O)n2C[C@H](OCCC#N)c1ccccc1OC. The van der Waals surface area contributed by atoms with Crippen LogP contribution in [0.1, 0.15) is 74.4 Å². The summed E-state index contributed by atoms with van der Waals surface area (Å²) in [5.41, 5.74) is -1.80. The molecule has 0 aliphatic rings. The fourth-order valence-electron chi connectivity index (χ4n) is 4.72. The van der Waals surface area contributed by atoms with Crippen molar-refractivity contribution in [2.45, 2.75) is 72.6 Å². The summed E-state index contributed by atoms with van der Waals surface area (Å²) in [5.74, 6) is -0.320. The second kappa shape index (κ2) is 13.3. The van der Waals surface area contributed by atoms with E-state index in [0.717, 1.165) is 15.9 Å². The zero-order valence-corrected chi connectivity index (χ0v) is 25.4. The molecule has 0 saturated heterocycles. The number of aryl methyl sites for hydroxylation is 1. The number of hydrogen-bond donors (Lipinski definition) is 0. The van der Waals surface area contributed by atoms with E-state index in [2.05, 4.69) is 6.07 Å². The fourth-order valence-corrected chi connectivity index (χ4v) is 5.92. The van der Waals surface area contributed by atoms with Crippen LogP contribution in [0.25, 0.3) is 10.2 Å². The first kappa shape index (κ1) is 31.8. The standard InChI is InChI=1S/C30H37N3O7S/c1-8-39-28(36)25-19(4)24-26(35)33(30(5,6)23(34)16-18(2)3)29(37)32(27(24)41-25)17-22(40-15-11-14-31)20-12-9-10-13-21(20)38-7/h9-10,12-13,18,22H,8,11,15-17H2,1-7H3/t22-/m0/s1. The monoisotopic (exact) mass is 583 g/mol. The molecule has 3 rings (SSSR count). The van der Waals surface area contributed by atoms with Crippen molar-refractivity contribution < 1.29 is 23.8 Å². The van der Waals surface area contributed by atoms with Crippen LogP contribution in [0.2, 0.25) is 0 Å². The van der Waals surface area contributed by atoms with Crippen LogP contribution in [-0.4, -0.2) is 41.2 Å². The Morgan fingerprint density at radius 3 is 2.46 bits per heavy atom. The Morgan fingerprint density at radius 1 is 1.17 bits per heavy atom. The summed E-state index contributed by atoms with van der Waals surface area (Å²) in [4.78, 5) is 54.9. The van der Waals surface area contributed by atoms with Crippen molar-refractivity contribution in [2.75, 3.05) is 20.3 Å². The van der Waals surface area contributed by atoms with E-state index in [9.17, 15) is 19.2 Å². The number of rotatable bonds is 13. The van der Waals surface area contributed by atoms with Gasteiger partial charge in [-0.3, -0.25) is 14.2 Å². The highest BCUT2D eigenvalue weighted by Gasteiger charge is 2.36. The van der Waals surface area contributed by atoms with Gasteiger partial charge in [0.05, 0.1) is 44.7 Å². The number of nitriles is 1. The van der Waals surface area contributed by atoms with E-state index >= 15 is 0 Å². The molecule has 0 aliphatic heterocycles. The van der Waals surface area contributed by atoms with Gasteiger partial charge in [-0.15, -0.1) is 11.3 Å². The maximum Gasteiger partial charge on any atom is 0.348 e. The minimum Gasteiger partial charge on any atom is -0.496 e. The Morgan fingerprint density at radius 2 is 1.85 bits per heavy atom. The maximum absolute atomic E-state index is 14.2. The molecule has 0 bridgehead atoms. The smallest absolute Gasteiger partial charge is 0.348 e. The molecule has 0 unspecified atom stereocenters. The van der Waals surface area contributed by atoms with Crippen molar-refractivity contribution in [3.05, 3.63) is 61.1 Å². The summed E-state index contributed by atoms with van der Waals surface area (Å²) >= 11 is 0.992. The van der Waals surface area contributed by atoms with Crippen LogP contribution >= 0.6 is 11.3 Å². The molecule has 3 aromatic rings. The summed E-state index contributed by atoms with van der Waals surface area (Å²) in [6.45, 7) is 10.4. The molecule has 11 heteroatoms. The van der Waals surface area contributed by atoms with Gasteiger partial charge in [-0.1, -0.05) is 32.0 Å². The number of benzene rings is 1. The van der Waals surface area contributed by atoms with Crippen LogP contribution in [0.15, 0.2) is 33.9 Å². The summed E-state index contributed by atoms with van der Waals surface area (Å²) in [6.07, 6.45) is -0.458. The Balaban J connectivity index is 2.37. The number of carbonyl (C=O) groups is 2. The number of hydrogen-bond acceptors (Lipinski definition) is 9. The first-order chi connectivity index (χ1) is 19.4. The zero-order chi connectivity index (χ0) is 30.5. The number of ketones is 1. The molecule has 41 heavy (non-hydrogen) atoms. The molecule has 0 aliphatic carbocycles. The normalized spacial score (nSPS) is 12.4. The van der Waals surface area contributed by atoms with E-state index in [1.807, 2.05) is 13.8 Å². The second-order valence-corrected chi connectivity index (χ2v) is 11.6. The summed E-state index contributed by atoms with van der Waals surface area (Å²) in [7, 11) is 1.52. The van der Waals surface area contributed by atoms with E-state index in [1.165, 1.54) is 11.7 Å². The number of methoxy groups -OCH3 is 1. The summed E-state index contributed by atoms with van der Waals surface area (Å²) in [6, 6.07) is 9.22. The molecule has 0 amide bonds. The van der Waals surface area contributed by atoms with E-state index < -0.39 is 28.9 Å². The molecule has 2 heterocycles. The number of fused-ring (bicyclic) bond motifs is 1. The molecule has 2 aromatic heterocycles. The van der Waals surface area contributed by atoms with Crippen molar-refractivity contribution in [1.29, 1.82) is 5.26 Å². The predicted molar refractivity (Wildman–Crippen MR) is 157 cm³/mol. The van der Waals surface area contributed by atoms with Crippen molar-refractivity contribution >= 4 is 33.3 Å². The zero-order valence-electron chi connectivity index (χ0n) is 24.6. The number of ether oxygens (including phenoxy) is 3. The molecule has 0 saturated carbocycles. The number of aromatic nitrogens is 2. The van der Waals surface area contributed by atoms with E-state index in [-0.39, 0.29) is 59.4 Å². The molecule has 220 valence electrons. The van der Waals surface area contributed by atoms with Crippen molar-refractivity contribution in [1.82, 2.24) is 9.13 Å². The molecular formula is C30H37N3O7S. The van der Waals surface area contributed by atoms with Crippen LogP contribution < -0.4 is 16.0 Å². The average molecular weight is 584 g/mol. The molecule has 0 fully saturated rings. The van der Waals surface area contributed by atoms with E-state index in [1.54, 1.807) is 52.0 Å². The van der Waals surface area contributed by atoms with Gasteiger partial charge in [0.15, 0.2) is 5.78 Å². The topological polar surface area (TPSA) is 130 Å². The van der Waals surface area contributed by atoms with Crippen LogP contribution in [0.4, 0.5) is 0 Å². The second-order valence-electron chi connectivity index (χ2n) is 10.6. The number of carbonyl (C=O) groups excluding carboxylic acids is 2. The summed E-state index contributed by atoms with van der Waals surface area (Å²) < 4.78 is 19.2. The molecule has 1 aromatic carbocycles. The van der Waals surface area contributed by atoms with Gasteiger partial charge in [-0.2, -0.15) is 5.26 Å². The minimum atomic E-state index is -1.46. The van der Waals surface area contributed by atoms with Crippen molar-refractivity contribution in [2.24, 2.45) is 5.92 Å². The lowest BCUT2D eigenvalue weighted by atomic mass is 9.91. The van der Waals surface area contributed by atoms with Gasteiger partial charge in [-0.25, -0.2) is 14.2 Å². The maximum atomic E-state index is 14.2. The van der Waals surface area contributed by atoms with E-state index in [0.29, 0.717) is 16.9 Å². The molecule has 1 atom stereocenters. The molecule has 0 radical (unpaired) electrons. The average Bonchev–Trinajstić information content (AvgIpc) is 3.27. The Labute approximate surface area is 243 Å². The fraction of sp³-hybridized carbons (Fsp3) is 0.500. The van der Waals surface area contributed by atoms with Crippen LogP contribution in [0.5, 0.6) is 5.75 Å². The Bertz CT molecular complexity index is 1590. The third-order valence-corrected chi connectivity index (χ3v) is 8.17. The van der Waals surface area contributed by atoms with E-state index in [4.69, 9.17) is 19.5 Å². The number of thiophene rings is 1. The highest BCUT2D eigenvalue weighted by molar-refractivity contribution is 7.20. The third kappa shape index (κ3) is 6.44. The van der Waals surface area contributed by atoms with Gasteiger partial charge in [0.1, 0.15) is 27.1 Å². The minimum absolute atomic E-state index is 0.0187. The van der Waals surface area contributed by atoms with Gasteiger partial charge >= 0.3 is 11.7 Å². The predicted octanol–water partition coefficient (Wildman–Crippen LogP) is 4.74. The molecule has 10 nitrogen and oxygen atoms in total. The Hall–Kier alpha value is -3.75. The lowest BCUT2D eigenvalue weighted by Gasteiger charge is -2.28. The van der Waals surface area contributed by atoms with Gasteiger partial charge in [0.25, 0.3) is 5.56 Å². The van der Waals surface area contributed by atoms with Crippen LogP contribution in [0.3, 0.4) is 0 Å². The Kier molecular flexibility index (Phi) is 10.3. The van der Waals surface area contributed by atoms with Crippen LogP contribution in [-0.2, 0) is 26.4 Å².